The van der Waals surface area contributed by atoms with Gasteiger partial charge in [0.2, 0.25) is 5.91 Å². The van der Waals surface area contributed by atoms with Gasteiger partial charge in [-0.05, 0) is 13.0 Å². The first-order chi connectivity index (χ1) is 8.47. The van der Waals surface area contributed by atoms with Crippen molar-refractivity contribution in [1.29, 1.82) is 0 Å². The first-order valence-corrected chi connectivity index (χ1v) is 4.88. The number of hydrogen-bond acceptors (Lipinski definition) is 6. The lowest BCUT2D eigenvalue weighted by molar-refractivity contribution is -0.402. The molecule has 94 valence electrons. The number of nitro groups is 1. The highest BCUT2D eigenvalue weighted by molar-refractivity contribution is 6.03. The second-order valence-electron chi connectivity index (χ2n) is 3.49. The van der Waals surface area contributed by atoms with E-state index >= 15 is 0 Å². The van der Waals surface area contributed by atoms with Gasteiger partial charge in [-0.1, -0.05) is 0 Å². The number of rotatable bonds is 3. The average molecular weight is 252 g/mol. The molecule has 0 aliphatic carbocycles. The maximum absolute atomic E-state index is 11.2. The van der Waals surface area contributed by atoms with Gasteiger partial charge in [0, 0.05) is 0 Å². The van der Waals surface area contributed by atoms with E-state index in [1.807, 2.05) is 5.32 Å². The van der Waals surface area contributed by atoms with Crippen LogP contribution in [-0.2, 0) is 4.79 Å². The predicted octanol–water partition coefficient (Wildman–Crippen LogP) is 0.464. The van der Waals surface area contributed by atoms with Crippen LogP contribution in [0.3, 0.4) is 0 Å². The fraction of sp³-hybridized carbons (Fsp3) is 0.222. The van der Waals surface area contributed by atoms with Crippen molar-refractivity contribution in [1.82, 2.24) is 10.3 Å². The molecule has 0 aromatic carbocycles. The molecule has 1 aromatic rings. The van der Waals surface area contributed by atoms with Crippen molar-refractivity contribution in [3.63, 3.8) is 0 Å². The maximum atomic E-state index is 11.2. The van der Waals surface area contributed by atoms with E-state index in [0.717, 1.165) is 5.01 Å². The lowest BCUT2D eigenvalue weighted by Gasteiger charge is -2.06. The summed E-state index contributed by atoms with van der Waals surface area (Å²) in [5, 5.41) is 17.3. The third-order valence-corrected chi connectivity index (χ3v) is 2.17. The minimum atomic E-state index is -0.678. The third-order valence-electron chi connectivity index (χ3n) is 2.17. The molecule has 18 heavy (non-hydrogen) atoms. The van der Waals surface area contributed by atoms with Gasteiger partial charge in [0.05, 0.1) is 6.07 Å². The minimum Gasteiger partial charge on any atom is -0.399 e. The molecule has 0 bridgehead atoms. The van der Waals surface area contributed by atoms with E-state index < -0.39 is 22.7 Å². The number of urea groups is 1. The zero-order valence-electron chi connectivity index (χ0n) is 9.24. The van der Waals surface area contributed by atoms with Crippen LogP contribution in [0.25, 0.3) is 0 Å². The Bertz CT molecular complexity index is 561. The third kappa shape index (κ3) is 2.19. The van der Waals surface area contributed by atoms with Crippen molar-refractivity contribution in [2.24, 2.45) is 5.10 Å². The van der Waals surface area contributed by atoms with Crippen LogP contribution >= 0.6 is 0 Å². The van der Waals surface area contributed by atoms with Crippen molar-refractivity contribution in [3.05, 3.63) is 28.0 Å². The number of nitrogens with one attached hydrogen (secondary N) is 1. The summed E-state index contributed by atoms with van der Waals surface area (Å²) in [5.41, 5.74) is 0.257. The van der Waals surface area contributed by atoms with Crippen LogP contribution in [0.1, 0.15) is 12.7 Å². The van der Waals surface area contributed by atoms with E-state index in [2.05, 4.69) is 5.10 Å². The summed E-state index contributed by atoms with van der Waals surface area (Å²) in [5.74, 6) is -0.711. The molecule has 1 saturated heterocycles. The van der Waals surface area contributed by atoms with E-state index in [4.69, 9.17) is 4.42 Å². The van der Waals surface area contributed by atoms with Gasteiger partial charge in [-0.2, -0.15) is 5.10 Å². The van der Waals surface area contributed by atoms with E-state index in [9.17, 15) is 19.7 Å². The molecule has 2 rings (SSSR count). The van der Waals surface area contributed by atoms with Gasteiger partial charge < -0.3 is 4.42 Å². The molecule has 1 aromatic heterocycles. The second-order valence-corrected chi connectivity index (χ2v) is 3.49. The molecular weight excluding hydrogens is 244 g/mol. The quantitative estimate of drug-likeness (QED) is 0.363. The van der Waals surface area contributed by atoms with E-state index in [-0.39, 0.29) is 18.0 Å². The molecule has 1 aliphatic rings. The number of hydrogen-bond donors (Lipinski definition) is 1. The number of furan rings is 1. The maximum Gasteiger partial charge on any atom is 0.433 e. The Kier molecular flexibility index (Phi) is 2.80. The number of carbonyl (C=O) groups is 2. The van der Waals surface area contributed by atoms with Crippen LogP contribution in [0.4, 0.5) is 10.7 Å². The molecule has 1 N–H and O–H groups in total. The van der Waals surface area contributed by atoms with Crippen molar-refractivity contribution < 1.29 is 18.9 Å². The standard InChI is InChI=1S/C9H8N4O5/c1-5(6-2-3-8(18-6)13(16)17)11-12-4-7(14)10-9(12)15/h2-3H,4H2,1H3,(H,10,14,15)/b11-5-. The van der Waals surface area contributed by atoms with Crippen LogP contribution in [0.5, 0.6) is 0 Å². The largest absolute Gasteiger partial charge is 0.433 e. The second kappa shape index (κ2) is 4.28. The van der Waals surface area contributed by atoms with E-state index in [1.165, 1.54) is 19.1 Å². The lowest BCUT2D eigenvalue weighted by atomic mass is 10.3. The summed E-state index contributed by atoms with van der Waals surface area (Å²) < 4.78 is 4.91. The molecule has 0 atom stereocenters. The van der Waals surface area contributed by atoms with Crippen LogP contribution in [-0.4, -0.2) is 34.1 Å². The topological polar surface area (TPSA) is 118 Å². The van der Waals surface area contributed by atoms with Crippen LogP contribution in [0, 0.1) is 10.1 Å². The van der Waals surface area contributed by atoms with Gasteiger partial charge in [0.15, 0.2) is 5.76 Å². The molecule has 1 aliphatic heterocycles. The Morgan fingerprint density at radius 1 is 1.56 bits per heavy atom. The summed E-state index contributed by atoms with van der Waals surface area (Å²) in [7, 11) is 0. The summed E-state index contributed by atoms with van der Waals surface area (Å²) in [6.45, 7) is 1.33. The van der Waals surface area contributed by atoms with Crippen LogP contribution < -0.4 is 5.32 Å². The van der Waals surface area contributed by atoms with Gasteiger partial charge in [-0.3, -0.25) is 20.2 Å². The van der Waals surface area contributed by atoms with Crippen LogP contribution in [0.15, 0.2) is 21.7 Å². The Hall–Kier alpha value is -2.71. The highest BCUT2D eigenvalue weighted by Crippen LogP contribution is 2.16. The summed E-state index contributed by atoms with van der Waals surface area (Å²) in [4.78, 5) is 31.9. The van der Waals surface area contributed by atoms with Gasteiger partial charge in [0.25, 0.3) is 0 Å². The smallest absolute Gasteiger partial charge is 0.399 e. The normalized spacial score (nSPS) is 16.1. The fourth-order valence-electron chi connectivity index (χ4n) is 1.36. The molecule has 0 spiro atoms. The highest BCUT2D eigenvalue weighted by atomic mass is 16.6. The molecule has 9 heteroatoms. The lowest BCUT2D eigenvalue weighted by Crippen LogP contribution is -2.24. The minimum absolute atomic E-state index is 0.161. The number of carbonyl (C=O) groups excluding carboxylic acids is 2. The van der Waals surface area contributed by atoms with Gasteiger partial charge in [-0.25, -0.2) is 9.80 Å². The van der Waals surface area contributed by atoms with Crippen molar-refractivity contribution in [3.8, 4) is 0 Å². The average Bonchev–Trinajstić information content (AvgIpc) is 2.86. The zero-order chi connectivity index (χ0) is 13.3. The molecule has 0 radical (unpaired) electrons. The summed E-state index contributed by atoms with van der Waals surface area (Å²) >= 11 is 0. The highest BCUT2D eigenvalue weighted by Gasteiger charge is 2.27. The number of imide groups is 1. The summed E-state index contributed by atoms with van der Waals surface area (Å²) in [6, 6.07) is 1.91. The van der Waals surface area contributed by atoms with Crippen molar-refractivity contribution in [2.75, 3.05) is 6.54 Å². The monoisotopic (exact) mass is 252 g/mol. The summed E-state index contributed by atoms with van der Waals surface area (Å²) in [6.07, 6.45) is 0. The molecular formula is C9H8N4O5. The van der Waals surface area contributed by atoms with Gasteiger partial charge in [0.1, 0.15) is 17.2 Å². The number of nitrogens with zero attached hydrogens (tertiary/aromatic N) is 3. The Labute approximate surface area is 100 Å². The molecule has 0 saturated carbocycles. The molecule has 2 heterocycles. The Morgan fingerprint density at radius 3 is 2.78 bits per heavy atom. The SMILES string of the molecule is C/C(=N/N1CC(=O)NC1=O)c1ccc([N+](=O)[O-])o1. The van der Waals surface area contributed by atoms with Gasteiger partial charge >= 0.3 is 11.9 Å². The molecule has 3 amide bonds. The molecule has 0 unspecified atom stereocenters. The van der Waals surface area contributed by atoms with Gasteiger partial charge in [-0.15, -0.1) is 0 Å². The number of amides is 3. The molecule has 1 fully saturated rings. The molecule has 9 nitrogen and oxygen atoms in total. The number of hydrazone groups is 1. The Balaban J connectivity index is 2.19. The first-order valence-electron chi connectivity index (χ1n) is 4.88. The van der Waals surface area contributed by atoms with Crippen molar-refractivity contribution >= 4 is 23.5 Å². The van der Waals surface area contributed by atoms with E-state index in [0.29, 0.717) is 0 Å². The zero-order valence-corrected chi connectivity index (χ0v) is 9.24. The van der Waals surface area contributed by atoms with Crippen molar-refractivity contribution in [2.45, 2.75) is 6.92 Å². The first kappa shape index (κ1) is 11.8. The van der Waals surface area contributed by atoms with Crippen LogP contribution in [0.2, 0.25) is 0 Å². The predicted molar refractivity (Wildman–Crippen MR) is 57.8 cm³/mol. The Morgan fingerprint density at radius 2 is 2.28 bits per heavy atom. The fourth-order valence-corrected chi connectivity index (χ4v) is 1.36. The van der Waals surface area contributed by atoms with E-state index in [1.54, 1.807) is 0 Å².